The van der Waals surface area contributed by atoms with Gasteiger partial charge in [-0.05, 0) is 29.7 Å². The van der Waals surface area contributed by atoms with Crippen molar-refractivity contribution in [2.75, 3.05) is 7.11 Å². The smallest absolute Gasteiger partial charge is 0.378 e. The largest absolute Gasteiger partial charge is 0.508 e. The SMILES string of the molecule is COC(=O)C(=O)/C=C(\O)c1ccc(O)c(C(C)C)c1. The van der Waals surface area contributed by atoms with Crippen LogP contribution in [0.3, 0.4) is 0 Å². The van der Waals surface area contributed by atoms with Gasteiger partial charge in [-0.1, -0.05) is 13.8 Å². The maximum Gasteiger partial charge on any atom is 0.378 e. The highest BCUT2D eigenvalue weighted by atomic mass is 16.5. The molecule has 0 aliphatic rings. The lowest BCUT2D eigenvalue weighted by atomic mass is 9.98. The fraction of sp³-hybridized carbons (Fsp3) is 0.286. The van der Waals surface area contributed by atoms with E-state index in [0.29, 0.717) is 11.1 Å². The summed E-state index contributed by atoms with van der Waals surface area (Å²) in [6, 6.07) is 4.45. The number of aliphatic hydroxyl groups is 1. The van der Waals surface area contributed by atoms with Crippen molar-refractivity contribution in [2.45, 2.75) is 19.8 Å². The number of carbonyl (C=O) groups excluding carboxylic acids is 2. The van der Waals surface area contributed by atoms with Gasteiger partial charge in [0.25, 0.3) is 5.78 Å². The van der Waals surface area contributed by atoms with Crippen LogP contribution in [0.25, 0.3) is 5.76 Å². The van der Waals surface area contributed by atoms with Gasteiger partial charge in [0.1, 0.15) is 11.5 Å². The van der Waals surface area contributed by atoms with E-state index in [2.05, 4.69) is 4.74 Å². The maximum atomic E-state index is 11.3. The first kappa shape index (κ1) is 14.8. The molecule has 0 unspecified atom stereocenters. The summed E-state index contributed by atoms with van der Waals surface area (Å²) in [5, 5.41) is 19.4. The van der Waals surface area contributed by atoms with Crippen LogP contribution in [0.2, 0.25) is 0 Å². The zero-order valence-electron chi connectivity index (χ0n) is 11.0. The second kappa shape index (κ2) is 6.04. The molecule has 1 aromatic carbocycles. The molecule has 0 spiro atoms. The molecule has 0 heterocycles. The molecule has 0 fully saturated rings. The van der Waals surface area contributed by atoms with Gasteiger partial charge in [0, 0.05) is 11.6 Å². The number of rotatable bonds is 4. The first-order valence-electron chi connectivity index (χ1n) is 5.73. The predicted molar refractivity (Wildman–Crippen MR) is 69.8 cm³/mol. The van der Waals surface area contributed by atoms with E-state index in [4.69, 9.17) is 0 Å². The molecule has 19 heavy (non-hydrogen) atoms. The molecule has 0 aromatic heterocycles. The molecule has 0 aliphatic heterocycles. The Morgan fingerprint density at radius 1 is 1.32 bits per heavy atom. The van der Waals surface area contributed by atoms with Crippen molar-refractivity contribution < 1.29 is 24.5 Å². The van der Waals surface area contributed by atoms with Gasteiger partial charge in [0.05, 0.1) is 7.11 Å². The number of esters is 1. The second-order valence-electron chi connectivity index (χ2n) is 4.31. The number of aromatic hydroxyl groups is 1. The third-order valence-electron chi connectivity index (χ3n) is 2.60. The third-order valence-corrected chi connectivity index (χ3v) is 2.60. The van der Waals surface area contributed by atoms with Crippen molar-refractivity contribution in [3.05, 3.63) is 35.4 Å². The zero-order valence-corrected chi connectivity index (χ0v) is 11.0. The number of benzene rings is 1. The number of ether oxygens (including phenoxy) is 1. The third kappa shape index (κ3) is 3.58. The van der Waals surface area contributed by atoms with Crippen molar-refractivity contribution in [1.82, 2.24) is 0 Å². The van der Waals surface area contributed by atoms with Gasteiger partial charge in [0.2, 0.25) is 0 Å². The molecule has 0 radical (unpaired) electrons. The average Bonchev–Trinajstić information content (AvgIpc) is 2.37. The van der Waals surface area contributed by atoms with Crippen LogP contribution in [0, 0.1) is 0 Å². The Morgan fingerprint density at radius 2 is 1.95 bits per heavy atom. The lowest BCUT2D eigenvalue weighted by Gasteiger charge is -2.10. The van der Waals surface area contributed by atoms with E-state index in [1.165, 1.54) is 12.1 Å². The number of hydrogen-bond donors (Lipinski definition) is 2. The molecule has 0 aliphatic carbocycles. The van der Waals surface area contributed by atoms with Gasteiger partial charge >= 0.3 is 5.97 Å². The lowest BCUT2D eigenvalue weighted by Crippen LogP contribution is -2.13. The minimum Gasteiger partial charge on any atom is -0.508 e. The number of carbonyl (C=O) groups is 2. The van der Waals surface area contributed by atoms with Crippen molar-refractivity contribution in [3.8, 4) is 5.75 Å². The molecule has 0 amide bonds. The Morgan fingerprint density at radius 3 is 2.47 bits per heavy atom. The minimum atomic E-state index is -1.05. The summed E-state index contributed by atoms with van der Waals surface area (Å²) >= 11 is 0. The summed E-state index contributed by atoms with van der Waals surface area (Å²) in [6.07, 6.45) is 0.794. The first-order chi connectivity index (χ1) is 8.86. The van der Waals surface area contributed by atoms with Gasteiger partial charge in [-0.15, -0.1) is 0 Å². The van der Waals surface area contributed by atoms with E-state index in [1.807, 2.05) is 13.8 Å². The molecule has 0 saturated heterocycles. The quantitative estimate of drug-likeness (QED) is 0.377. The molecule has 5 heteroatoms. The second-order valence-corrected chi connectivity index (χ2v) is 4.31. The van der Waals surface area contributed by atoms with Crippen LogP contribution in [0.5, 0.6) is 5.75 Å². The van der Waals surface area contributed by atoms with Crippen LogP contribution in [0.15, 0.2) is 24.3 Å². The summed E-state index contributed by atoms with van der Waals surface area (Å²) in [5.74, 6) is -2.17. The molecule has 2 N–H and O–H groups in total. The Kier molecular flexibility index (Phi) is 4.69. The number of methoxy groups -OCH3 is 1. The first-order valence-corrected chi connectivity index (χ1v) is 5.73. The predicted octanol–water partition coefficient (Wildman–Crippen LogP) is 2.16. The van der Waals surface area contributed by atoms with Gasteiger partial charge in [-0.25, -0.2) is 4.79 Å². The number of ketones is 1. The summed E-state index contributed by atoms with van der Waals surface area (Å²) in [6.45, 7) is 3.78. The normalized spacial score (nSPS) is 11.5. The van der Waals surface area contributed by atoms with Crippen LogP contribution in [0.4, 0.5) is 0 Å². The number of phenolic OH excluding ortho intramolecular Hbond substituents is 1. The summed E-state index contributed by atoms with van der Waals surface area (Å²) in [5.41, 5.74) is 0.988. The van der Waals surface area contributed by atoms with Crippen molar-refractivity contribution in [1.29, 1.82) is 0 Å². The Labute approximate surface area is 111 Å². The van der Waals surface area contributed by atoms with E-state index in [0.717, 1.165) is 13.2 Å². The highest BCUT2D eigenvalue weighted by Gasteiger charge is 2.14. The molecule has 1 aromatic rings. The van der Waals surface area contributed by atoms with Gasteiger partial charge in [-0.3, -0.25) is 4.79 Å². The molecular formula is C14H16O5. The molecule has 5 nitrogen and oxygen atoms in total. The van der Waals surface area contributed by atoms with E-state index in [-0.39, 0.29) is 17.4 Å². The van der Waals surface area contributed by atoms with Crippen molar-refractivity contribution in [3.63, 3.8) is 0 Å². The summed E-state index contributed by atoms with van der Waals surface area (Å²) in [7, 11) is 1.09. The molecule has 102 valence electrons. The fourth-order valence-electron chi connectivity index (χ4n) is 1.54. The van der Waals surface area contributed by atoms with Crippen LogP contribution in [0.1, 0.15) is 30.9 Å². The van der Waals surface area contributed by atoms with E-state index < -0.39 is 11.8 Å². The van der Waals surface area contributed by atoms with Crippen LogP contribution >= 0.6 is 0 Å². The molecule has 0 atom stereocenters. The number of phenols is 1. The van der Waals surface area contributed by atoms with Crippen LogP contribution < -0.4 is 0 Å². The molecular weight excluding hydrogens is 248 g/mol. The topological polar surface area (TPSA) is 83.8 Å². The average molecular weight is 264 g/mol. The number of hydrogen-bond acceptors (Lipinski definition) is 5. The molecule has 1 rings (SSSR count). The van der Waals surface area contributed by atoms with Crippen LogP contribution in [-0.2, 0) is 14.3 Å². The van der Waals surface area contributed by atoms with E-state index >= 15 is 0 Å². The Balaban J connectivity index is 3.10. The fourth-order valence-corrected chi connectivity index (χ4v) is 1.54. The van der Waals surface area contributed by atoms with Crippen molar-refractivity contribution in [2.24, 2.45) is 0 Å². The highest BCUT2D eigenvalue weighted by Crippen LogP contribution is 2.28. The minimum absolute atomic E-state index is 0.0593. The number of aliphatic hydroxyl groups excluding tert-OH is 1. The molecule has 0 bridgehead atoms. The van der Waals surface area contributed by atoms with Crippen molar-refractivity contribution >= 4 is 17.5 Å². The lowest BCUT2D eigenvalue weighted by molar-refractivity contribution is -0.149. The Bertz CT molecular complexity index is 529. The Hall–Kier alpha value is -2.30. The van der Waals surface area contributed by atoms with E-state index in [9.17, 15) is 19.8 Å². The van der Waals surface area contributed by atoms with E-state index in [1.54, 1.807) is 6.07 Å². The monoisotopic (exact) mass is 264 g/mol. The summed E-state index contributed by atoms with van der Waals surface area (Å²) in [4.78, 5) is 22.2. The maximum absolute atomic E-state index is 11.3. The molecule has 0 saturated carbocycles. The van der Waals surface area contributed by atoms with Crippen LogP contribution in [-0.4, -0.2) is 29.1 Å². The zero-order chi connectivity index (χ0) is 14.6. The standard InChI is InChI=1S/C14H16O5/c1-8(2)10-6-9(4-5-11(10)15)12(16)7-13(17)14(18)19-3/h4-8,15-16H,1-3H3/b12-7-. The van der Waals surface area contributed by atoms with Gasteiger partial charge < -0.3 is 14.9 Å². The highest BCUT2D eigenvalue weighted by molar-refractivity contribution is 6.39. The summed E-state index contributed by atoms with van der Waals surface area (Å²) < 4.78 is 4.25. The van der Waals surface area contributed by atoms with Gasteiger partial charge in [-0.2, -0.15) is 0 Å². The van der Waals surface area contributed by atoms with Gasteiger partial charge in [0.15, 0.2) is 0 Å².